The van der Waals surface area contributed by atoms with Crippen LogP contribution < -0.4 is 0 Å². The Kier molecular flexibility index (Phi) is 0.885. The lowest BCUT2D eigenvalue weighted by molar-refractivity contribution is -0.137. The fraction of sp³-hybridized carbons (Fsp3) is 0.750. The second-order valence-corrected chi connectivity index (χ2v) is 3.29. The average molecular weight is 165 g/mol. The standard InChI is InChI=1S/C4H5BrO2/c5-4(1-2-4)3(6)7/h1-2H2,(H,6,7). The maximum absolute atomic E-state index is 10.0. The lowest BCUT2D eigenvalue weighted by atomic mass is 10.4. The molecule has 0 bridgehead atoms. The molecule has 0 amide bonds. The van der Waals surface area contributed by atoms with Crippen molar-refractivity contribution in [3.8, 4) is 0 Å². The van der Waals surface area contributed by atoms with E-state index in [-0.39, 0.29) is 0 Å². The van der Waals surface area contributed by atoms with Crippen molar-refractivity contribution in [3.05, 3.63) is 0 Å². The Labute approximate surface area is 49.7 Å². The molecule has 0 radical (unpaired) electrons. The minimum absolute atomic E-state index is 0.521. The van der Waals surface area contributed by atoms with E-state index >= 15 is 0 Å². The molecule has 1 fully saturated rings. The number of rotatable bonds is 1. The number of carbonyl (C=O) groups is 1. The third-order valence-corrected chi connectivity index (χ3v) is 2.20. The van der Waals surface area contributed by atoms with Crippen LogP contribution in [0.4, 0.5) is 0 Å². The molecule has 0 spiro atoms. The maximum Gasteiger partial charge on any atom is 0.320 e. The summed E-state index contributed by atoms with van der Waals surface area (Å²) in [4.78, 5) is 10.0. The third kappa shape index (κ3) is 0.774. The van der Waals surface area contributed by atoms with Gasteiger partial charge < -0.3 is 5.11 Å². The molecule has 1 N–H and O–H groups in total. The first kappa shape index (κ1) is 5.09. The maximum atomic E-state index is 10.0. The molecule has 1 aliphatic rings. The van der Waals surface area contributed by atoms with Crippen LogP contribution in [0.15, 0.2) is 0 Å². The molecule has 0 heterocycles. The van der Waals surface area contributed by atoms with Crippen molar-refractivity contribution < 1.29 is 9.90 Å². The fourth-order valence-electron chi connectivity index (χ4n) is 0.324. The predicted molar refractivity (Wildman–Crippen MR) is 28.5 cm³/mol. The predicted octanol–water partition coefficient (Wildman–Crippen LogP) is 0.998. The summed E-state index contributed by atoms with van der Waals surface area (Å²) in [6.45, 7) is 0. The van der Waals surface area contributed by atoms with E-state index in [0.29, 0.717) is 0 Å². The van der Waals surface area contributed by atoms with Gasteiger partial charge >= 0.3 is 5.97 Å². The number of aliphatic carboxylic acids is 1. The SMILES string of the molecule is O=C(O)C1(Br)CC1. The van der Waals surface area contributed by atoms with Crippen LogP contribution in [0.25, 0.3) is 0 Å². The van der Waals surface area contributed by atoms with E-state index in [2.05, 4.69) is 15.9 Å². The first-order valence-corrected chi connectivity index (χ1v) is 2.87. The van der Waals surface area contributed by atoms with Gasteiger partial charge in [-0.25, -0.2) is 0 Å². The smallest absolute Gasteiger partial charge is 0.320 e. The summed E-state index contributed by atoms with van der Waals surface area (Å²) in [6.07, 6.45) is 1.56. The molecule has 1 aliphatic carbocycles. The average Bonchev–Trinajstić information content (AvgIpc) is 2.21. The zero-order chi connectivity index (χ0) is 5.49. The van der Waals surface area contributed by atoms with Crippen LogP contribution >= 0.6 is 15.9 Å². The number of carboxylic acids is 1. The van der Waals surface area contributed by atoms with Crippen molar-refractivity contribution in [1.82, 2.24) is 0 Å². The Morgan fingerprint density at radius 1 is 1.71 bits per heavy atom. The molecule has 0 aliphatic heterocycles. The summed E-state index contributed by atoms with van der Waals surface area (Å²) in [5.41, 5.74) is 0. The van der Waals surface area contributed by atoms with Crippen molar-refractivity contribution in [2.75, 3.05) is 0 Å². The van der Waals surface area contributed by atoms with Crippen molar-refractivity contribution in [3.63, 3.8) is 0 Å². The second kappa shape index (κ2) is 1.22. The van der Waals surface area contributed by atoms with E-state index in [1.54, 1.807) is 0 Å². The number of alkyl halides is 1. The van der Waals surface area contributed by atoms with E-state index in [0.717, 1.165) is 12.8 Å². The largest absolute Gasteiger partial charge is 0.480 e. The first-order chi connectivity index (χ1) is 3.15. The molecule has 0 saturated heterocycles. The van der Waals surface area contributed by atoms with Crippen LogP contribution in [0.3, 0.4) is 0 Å². The summed E-state index contributed by atoms with van der Waals surface area (Å²) in [5, 5.41) is 8.27. The highest BCUT2D eigenvalue weighted by atomic mass is 79.9. The number of halogens is 1. The quantitative estimate of drug-likeness (QED) is 0.588. The monoisotopic (exact) mass is 164 g/mol. The summed E-state index contributed by atoms with van der Waals surface area (Å²) in [6, 6.07) is 0. The molecule has 7 heavy (non-hydrogen) atoms. The van der Waals surface area contributed by atoms with Gasteiger partial charge in [0.05, 0.1) is 0 Å². The van der Waals surface area contributed by atoms with Crippen molar-refractivity contribution in [2.45, 2.75) is 17.2 Å². The normalized spacial score (nSPS) is 24.1. The number of hydrogen-bond acceptors (Lipinski definition) is 1. The number of hydrogen-bond donors (Lipinski definition) is 1. The van der Waals surface area contributed by atoms with Gasteiger partial charge in [-0.2, -0.15) is 0 Å². The first-order valence-electron chi connectivity index (χ1n) is 2.07. The van der Waals surface area contributed by atoms with Crippen LogP contribution in [0, 0.1) is 0 Å². The van der Waals surface area contributed by atoms with Gasteiger partial charge in [0, 0.05) is 0 Å². The van der Waals surface area contributed by atoms with Gasteiger partial charge in [-0.3, -0.25) is 4.79 Å². The highest BCUT2D eigenvalue weighted by Crippen LogP contribution is 2.44. The van der Waals surface area contributed by atoms with Crippen LogP contribution in [0.2, 0.25) is 0 Å². The van der Waals surface area contributed by atoms with Crippen LogP contribution in [-0.2, 0) is 4.79 Å². The van der Waals surface area contributed by atoms with Crippen LogP contribution in [0.1, 0.15) is 12.8 Å². The van der Waals surface area contributed by atoms with Gasteiger partial charge in [-0.05, 0) is 12.8 Å². The summed E-state index contributed by atoms with van der Waals surface area (Å²) in [7, 11) is 0. The van der Waals surface area contributed by atoms with E-state index in [4.69, 9.17) is 5.11 Å². The molecule has 1 saturated carbocycles. The van der Waals surface area contributed by atoms with Crippen molar-refractivity contribution in [2.24, 2.45) is 0 Å². The number of carboxylic acid groups (broad SMARTS) is 1. The Bertz CT molecular complexity index is 106. The molecular formula is C4H5BrO2. The van der Waals surface area contributed by atoms with Gasteiger partial charge in [-0.1, -0.05) is 15.9 Å². The van der Waals surface area contributed by atoms with E-state index in [9.17, 15) is 4.79 Å². The summed E-state index contributed by atoms with van der Waals surface area (Å²) >= 11 is 3.05. The Balaban J connectivity index is 2.55. The fourth-order valence-corrected chi connectivity index (χ4v) is 0.522. The molecular weight excluding hydrogens is 160 g/mol. The van der Waals surface area contributed by atoms with Crippen molar-refractivity contribution in [1.29, 1.82) is 0 Å². The van der Waals surface area contributed by atoms with E-state index in [1.807, 2.05) is 0 Å². The summed E-state index contributed by atoms with van der Waals surface area (Å²) < 4.78 is -0.521. The zero-order valence-corrected chi connectivity index (χ0v) is 5.23. The highest BCUT2D eigenvalue weighted by molar-refractivity contribution is 9.10. The van der Waals surface area contributed by atoms with E-state index in [1.165, 1.54) is 0 Å². The molecule has 0 aromatic rings. The Hall–Kier alpha value is -0.0500. The topological polar surface area (TPSA) is 37.3 Å². The van der Waals surface area contributed by atoms with Crippen LogP contribution in [-0.4, -0.2) is 15.4 Å². The van der Waals surface area contributed by atoms with Gasteiger partial charge in [0.1, 0.15) is 4.32 Å². The lowest BCUT2D eigenvalue weighted by Crippen LogP contribution is -2.12. The van der Waals surface area contributed by atoms with Gasteiger partial charge in [-0.15, -0.1) is 0 Å². The minimum atomic E-state index is -0.729. The highest BCUT2D eigenvalue weighted by Gasteiger charge is 2.47. The van der Waals surface area contributed by atoms with Gasteiger partial charge in [0.15, 0.2) is 0 Å². The summed E-state index contributed by atoms with van der Waals surface area (Å²) in [5.74, 6) is -0.729. The zero-order valence-electron chi connectivity index (χ0n) is 3.65. The molecule has 0 unspecified atom stereocenters. The molecule has 3 heteroatoms. The molecule has 40 valence electrons. The van der Waals surface area contributed by atoms with Gasteiger partial charge in [0.2, 0.25) is 0 Å². The molecule has 2 nitrogen and oxygen atoms in total. The van der Waals surface area contributed by atoms with E-state index < -0.39 is 10.3 Å². The molecule has 1 rings (SSSR count). The Morgan fingerprint density at radius 3 is 2.14 bits per heavy atom. The molecule has 0 atom stereocenters. The van der Waals surface area contributed by atoms with Gasteiger partial charge in [0.25, 0.3) is 0 Å². The lowest BCUT2D eigenvalue weighted by Gasteiger charge is -1.92. The molecule has 0 aromatic carbocycles. The minimum Gasteiger partial charge on any atom is -0.480 e. The second-order valence-electron chi connectivity index (χ2n) is 1.77. The van der Waals surface area contributed by atoms with Crippen LogP contribution in [0.5, 0.6) is 0 Å². The molecule has 0 aromatic heterocycles. The van der Waals surface area contributed by atoms with Crippen molar-refractivity contribution >= 4 is 21.9 Å². The Morgan fingerprint density at radius 2 is 2.14 bits per heavy atom. The third-order valence-electron chi connectivity index (χ3n) is 1.07.